The fourth-order valence-corrected chi connectivity index (χ4v) is 3.30. The van der Waals surface area contributed by atoms with Gasteiger partial charge < -0.3 is 16.0 Å². The van der Waals surface area contributed by atoms with Crippen LogP contribution in [0.15, 0.2) is 29.1 Å². The van der Waals surface area contributed by atoms with Gasteiger partial charge >= 0.3 is 0 Å². The van der Waals surface area contributed by atoms with Gasteiger partial charge in [-0.2, -0.15) is 0 Å². The molecule has 24 heavy (non-hydrogen) atoms. The Labute approximate surface area is 137 Å². The quantitative estimate of drug-likeness (QED) is 0.574. The molecule has 2 aromatic rings. The molecular formula is C16H18N4O4. The molecule has 2 unspecified atom stereocenters. The third kappa shape index (κ3) is 3.00. The van der Waals surface area contributed by atoms with Crippen molar-refractivity contribution in [2.24, 2.45) is 11.7 Å². The van der Waals surface area contributed by atoms with Gasteiger partial charge in [0.1, 0.15) is 0 Å². The number of fused-ring (bicyclic) bond motifs is 1. The van der Waals surface area contributed by atoms with Crippen LogP contribution in [0.2, 0.25) is 0 Å². The van der Waals surface area contributed by atoms with Gasteiger partial charge in [-0.1, -0.05) is 6.42 Å². The molecule has 0 spiro atoms. The second-order valence-corrected chi connectivity index (χ2v) is 6.04. The van der Waals surface area contributed by atoms with Crippen molar-refractivity contribution in [2.45, 2.75) is 25.3 Å². The zero-order valence-electron chi connectivity index (χ0n) is 13.0. The van der Waals surface area contributed by atoms with E-state index >= 15 is 0 Å². The van der Waals surface area contributed by atoms with Crippen LogP contribution in [0, 0.1) is 16.0 Å². The van der Waals surface area contributed by atoms with Crippen LogP contribution in [-0.2, 0) is 0 Å². The molecule has 2 atom stereocenters. The summed E-state index contributed by atoms with van der Waals surface area (Å²) in [5.74, 6) is -0.187. The number of nitro groups is 1. The molecular weight excluding hydrogens is 312 g/mol. The standard InChI is InChI=1S/C16H18N4O4/c17-8-9-2-1-3-13(9)19-16(22)12-7-15(21)18-14-5-4-10(20(23)24)6-11(12)14/h4-7,9,13H,1-3,8,17H2,(H,18,21)(H,19,22). The van der Waals surface area contributed by atoms with Crippen molar-refractivity contribution in [1.82, 2.24) is 10.3 Å². The number of benzene rings is 1. The molecule has 1 aromatic carbocycles. The maximum absolute atomic E-state index is 12.6. The van der Waals surface area contributed by atoms with Crippen LogP contribution in [0.25, 0.3) is 10.9 Å². The summed E-state index contributed by atoms with van der Waals surface area (Å²) in [7, 11) is 0. The molecule has 1 saturated carbocycles. The normalized spacial score (nSPS) is 20.2. The number of nitrogens with two attached hydrogens (primary N) is 1. The van der Waals surface area contributed by atoms with Crippen molar-refractivity contribution in [3.63, 3.8) is 0 Å². The second kappa shape index (κ2) is 6.40. The van der Waals surface area contributed by atoms with Crippen LogP contribution in [-0.4, -0.2) is 28.4 Å². The lowest BCUT2D eigenvalue weighted by atomic mass is 10.0. The molecule has 8 nitrogen and oxygen atoms in total. The van der Waals surface area contributed by atoms with Crippen molar-refractivity contribution in [3.05, 3.63) is 50.3 Å². The SMILES string of the molecule is NCC1CCCC1NC(=O)c1cc(=O)[nH]c2ccc([N+](=O)[O-])cc12. The highest BCUT2D eigenvalue weighted by atomic mass is 16.6. The lowest BCUT2D eigenvalue weighted by molar-refractivity contribution is -0.384. The molecule has 1 amide bonds. The number of nitro benzene ring substituents is 1. The van der Waals surface area contributed by atoms with E-state index in [9.17, 15) is 19.7 Å². The number of amides is 1. The van der Waals surface area contributed by atoms with Gasteiger partial charge in [-0.15, -0.1) is 0 Å². The van der Waals surface area contributed by atoms with E-state index in [-0.39, 0.29) is 23.2 Å². The number of hydrogen-bond donors (Lipinski definition) is 3. The van der Waals surface area contributed by atoms with Gasteiger partial charge in [0.2, 0.25) is 5.56 Å². The highest BCUT2D eigenvalue weighted by Crippen LogP contribution is 2.26. The molecule has 1 heterocycles. The Bertz CT molecular complexity index is 861. The van der Waals surface area contributed by atoms with E-state index in [4.69, 9.17) is 5.73 Å². The molecule has 0 radical (unpaired) electrons. The van der Waals surface area contributed by atoms with E-state index in [2.05, 4.69) is 10.3 Å². The fraction of sp³-hybridized carbons (Fsp3) is 0.375. The Morgan fingerprint density at radius 1 is 1.38 bits per heavy atom. The molecule has 1 fully saturated rings. The number of rotatable bonds is 4. The van der Waals surface area contributed by atoms with E-state index in [1.165, 1.54) is 24.3 Å². The van der Waals surface area contributed by atoms with Gasteiger partial charge in [-0.25, -0.2) is 0 Å². The van der Waals surface area contributed by atoms with Gasteiger partial charge in [0.05, 0.1) is 10.5 Å². The maximum Gasteiger partial charge on any atom is 0.270 e. The predicted octanol–water partition coefficient (Wildman–Crippen LogP) is 1.29. The molecule has 1 aliphatic carbocycles. The zero-order chi connectivity index (χ0) is 17.3. The molecule has 8 heteroatoms. The Hall–Kier alpha value is -2.74. The number of nitrogens with zero attached hydrogens (tertiary/aromatic N) is 1. The van der Waals surface area contributed by atoms with Crippen LogP contribution in [0.5, 0.6) is 0 Å². The van der Waals surface area contributed by atoms with E-state index in [1.807, 2.05) is 0 Å². The number of aromatic amines is 1. The van der Waals surface area contributed by atoms with Crippen molar-refractivity contribution >= 4 is 22.5 Å². The largest absolute Gasteiger partial charge is 0.349 e. The third-order valence-corrected chi connectivity index (χ3v) is 4.56. The molecule has 126 valence electrons. The Morgan fingerprint density at radius 3 is 2.88 bits per heavy atom. The first-order valence-electron chi connectivity index (χ1n) is 7.82. The highest BCUT2D eigenvalue weighted by Gasteiger charge is 2.28. The van der Waals surface area contributed by atoms with E-state index in [1.54, 1.807) is 0 Å². The van der Waals surface area contributed by atoms with Crippen molar-refractivity contribution in [3.8, 4) is 0 Å². The smallest absolute Gasteiger partial charge is 0.270 e. The first-order valence-corrected chi connectivity index (χ1v) is 7.82. The Morgan fingerprint density at radius 2 is 2.17 bits per heavy atom. The molecule has 0 aliphatic heterocycles. The number of hydrogen-bond acceptors (Lipinski definition) is 5. The average Bonchev–Trinajstić information content (AvgIpc) is 3.00. The minimum absolute atomic E-state index is 0.0319. The molecule has 0 bridgehead atoms. The number of aromatic nitrogens is 1. The van der Waals surface area contributed by atoms with Crippen molar-refractivity contribution in [2.75, 3.05) is 6.54 Å². The third-order valence-electron chi connectivity index (χ3n) is 4.56. The lowest BCUT2D eigenvalue weighted by Crippen LogP contribution is -2.40. The minimum atomic E-state index is -0.534. The van der Waals surface area contributed by atoms with Gasteiger partial charge in [-0.05, 0) is 31.4 Å². The summed E-state index contributed by atoms with van der Waals surface area (Å²) in [6.07, 6.45) is 2.80. The molecule has 0 saturated heterocycles. The summed E-state index contributed by atoms with van der Waals surface area (Å²) in [6, 6.07) is 5.17. The average molecular weight is 330 g/mol. The van der Waals surface area contributed by atoms with Crippen LogP contribution in [0.4, 0.5) is 5.69 Å². The van der Waals surface area contributed by atoms with Crippen LogP contribution in [0.3, 0.4) is 0 Å². The monoisotopic (exact) mass is 330 g/mol. The number of H-pyrrole nitrogens is 1. The predicted molar refractivity (Wildman–Crippen MR) is 88.9 cm³/mol. The van der Waals surface area contributed by atoms with E-state index in [0.717, 1.165) is 19.3 Å². The second-order valence-electron chi connectivity index (χ2n) is 6.04. The van der Waals surface area contributed by atoms with Crippen LogP contribution < -0.4 is 16.6 Å². The van der Waals surface area contributed by atoms with Gasteiger partial charge in [0.15, 0.2) is 0 Å². The summed E-state index contributed by atoms with van der Waals surface area (Å²) < 4.78 is 0. The number of nitrogens with one attached hydrogen (secondary N) is 2. The molecule has 4 N–H and O–H groups in total. The van der Waals surface area contributed by atoms with Gasteiger partial charge in [0.25, 0.3) is 11.6 Å². The highest BCUT2D eigenvalue weighted by molar-refractivity contribution is 6.06. The number of pyridine rings is 1. The topological polar surface area (TPSA) is 131 Å². The minimum Gasteiger partial charge on any atom is -0.349 e. The Balaban J connectivity index is 2.00. The Kier molecular flexibility index (Phi) is 4.30. The maximum atomic E-state index is 12.6. The molecule has 1 aliphatic rings. The molecule has 1 aromatic heterocycles. The fourth-order valence-electron chi connectivity index (χ4n) is 3.30. The lowest BCUT2D eigenvalue weighted by Gasteiger charge is -2.19. The number of carbonyl (C=O) groups excluding carboxylic acids is 1. The van der Waals surface area contributed by atoms with Gasteiger partial charge in [-0.3, -0.25) is 19.7 Å². The van der Waals surface area contributed by atoms with E-state index < -0.39 is 16.4 Å². The summed E-state index contributed by atoms with van der Waals surface area (Å²) in [6.45, 7) is 0.493. The summed E-state index contributed by atoms with van der Waals surface area (Å²) in [5.41, 5.74) is 5.69. The number of carbonyl (C=O) groups is 1. The van der Waals surface area contributed by atoms with Gasteiger partial charge in [0, 0.05) is 35.1 Å². The first-order chi connectivity index (χ1) is 11.5. The zero-order valence-corrected chi connectivity index (χ0v) is 13.0. The number of non-ortho nitro benzene ring substituents is 1. The van der Waals surface area contributed by atoms with Crippen LogP contribution in [0.1, 0.15) is 29.6 Å². The van der Waals surface area contributed by atoms with Crippen LogP contribution >= 0.6 is 0 Å². The summed E-state index contributed by atoms with van der Waals surface area (Å²) in [4.78, 5) is 37.5. The van der Waals surface area contributed by atoms with E-state index in [0.29, 0.717) is 17.4 Å². The van der Waals surface area contributed by atoms with Crippen molar-refractivity contribution in [1.29, 1.82) is 0 Å². The summed E-state index contributed by atoms with van der Waals surface area (Å²) >= 11 is 0. The molecule has 3 rings (SSSR count). The first kappa shape index (κ1) is 16.1. The summed E-state index contributed by atoms with van der Waals surface area (Å²) in [5, 5.41) is 14.2. The van der Waals surface area contributed by atoms with Crippen molar-refractivity contribution < 1.29 is 9.72 Å².